The van der Waals surface area contributed by atoms with E-state index in [0.717, 1.165) is 55.1 Å². The Labute approximate surface area is 115 Å². The van der Waals surface area contributed by atoms with Crippen LogP contribution in [-0.4, -0.2) is 37.5 Å². The summed E-state index contributed by atoms with van der Waals surface area (Å²) in [6.45, 7) is 8.70. The fraction of sp³-hybridized carbons (Fsp3) is 0.667. The molecule has 4 nitrogen and oxygen atoms in total. The molecule has 0 unspecified atom stereocenters. The molecule has 1 aliphatic rings. The molecule has 0 spiro atoms. The Balaban J connectivity index is 2.05. The van der Waals surface area contributed by atoms with E-state index in [-0.39, 0.29) is 5.91 Å². The second-order valence-corrected chi connectivity index (χ2v) is 5.59. The Bertz CT molecular complexity index is 459. The standard InChI is InChI=1S/C15H24N2O2/c1-10-11(2)19-12(3)14(10)15(18)17(4)9-13-5-7-16-8-6-13/h13,16H,5-9H2,1-4H3. The molecule has 1 aromatic heterocycles. The van der Waals surface area contributed by atoms with E-state index in [1.165, 1.54) is 0 Å². The molecule has 0 atom stereocenters. The van der Waals surface area contributed by atoms with E-state index in [1.807, 2.05) is 32.7 Å². The summed E-state index contributed by atoms with van der Waals surface area (Å²) in [5.74, 6) is 2.28. The molecule has 1 N–H and O–H groups in total. The van der Waals surface area contributed by atoms with Gasteiger partial charge < -0.3 is 14.6 Å². The second kappa shape index (κ2) is 5.78. The maximum atomic E-state index is 12.5. The lowest BCUT2D eigenvalue weighted by Gasteiger charge is -2.27. The molecule has 1 fully saturated rings. The van der Waals surface area contributed by atoms with Gasteiger partial charge in [0.15, 0.2) is 0 Å². The van der Waals surface area contributed by atoms with Gasteiger partial charge in [-0.1, -0.05) is 0 Å². The minimum absolute atomic E-state index is 0.0883. The Morgan fingerprint density at radius 3 is 2.42 bits per heavy atom. The average Bonchev–Trinajstić information content (AvgIpc) is 2.63. The van der Waals surface area contributed by atoms with Crippen LogP contribution in [0.1, 0.15) is 40.3 Å². The predicted molar refractivity (Wildman–Crippen MR) is 75.5 cm³/mol. The van der Waals surface area contributed by atoms with Crippen LogP contribution < -0.4 is 5.32 Å². The molecule has 2 rings (SSSR count). The van der Waals surface area contributed by atoms with Crippen molar-refractivity contribution >= 4 is 5.91 Å². The molecule has 0 bridgehead atoms. The SMILES string of the molecule is Cc1oc(C)c(C(=O)N(C)CC2CCNCC2)c1C. The minimum Gasteiger partial charge on any atom is -0.466 e. The number of rotatable bonds is 3. The molecule has 0 radical (unpaired) electrons. The summed E-state index contributed by atoms with van der Waals surface area (Å²) in [6.07, 6.45) is 2.31. The van der Waals surface area contributed by atoms with E-state index in [2.05, 4.69) is 5.32 Å². The Hall–Kier alpha value is -1.29. The van der Waals surface area contributed by atoms with Crippen molar-refractivity contribution in [2.75, 3.05) is 26.7 Å². The van der Waals surface area contributed by atoms with Crippen LogP contribution in [0.15, 0.2) is 4.42 Å². The van der Waals surface area contributed by atoms with Gasteiger partial charge in [0.05, 0.1) is 5.56 Å². The number of nitrogens with zero attached hydrogens (tertiary/aromatic N) is 1. The Kier molecular flexibility index (Phi) is 4.30. The summed E-state index contributed by atoms with van der Waals surface area (Å²) >= 11 is 0. The zero-order valence-corrected chi connectivity index (χ0v) is 12.4. The van der Waals surface area contributed by atoms with Crippen molar-refractivity contribution in [2.24, 2.45) is 5.92 Å². The highest BCUT2D eigenvalue weighted by molar-refractivity contribution is 5.96. The van der Waals surface area contributed by atoms with E-state index in [9.17, 15) is 4.79 Å². The van der Waals surface area contributed by atoms with Crippen LogP contribution in [-0.2, 0) is 0 Å². The van der Waals surface area contributed by atoms with Crippen LogP contribution >= 0.6 is 0 Å². The minimum atomic E-state index is 0.0883. The van der Waals surface area contributed by atoms with Crippen molar-refractivity contribution in [3.8, 4) is 0 Å². The fourth-order valence-electron chi connectivity index (χ4n) is 2.83. The topological polar surface area (TPSA) is 45.5 Å². The summed E-state index contributed by atoms with van der Waals surface area (Å²) in [7, 11) is 1.89. The highest BCUT2D eigenvalue weighted by Crippen LogP contribution is 2.23. The van der Waals surface area contributed by atoms with Crippen LogP contribution in [0.4, 0.5) is 0 Å². The molecule has 0 aliphatic carbocycles. The second-order valence-electron chi connectivity index (χ2n) is 5.59. The zero-order valence-electron chi connectivity index (χ0n) is 12.4. The summed E-state index contributed by atoms with van der Waals surface area (Å²) in [6, 6.07) is 0. The number of furan rings is 1. The third kappa shape index (κ3) is 3.00. The van der Waals surface area contributed by atoms with Crippen LogP contribution in [0, 0.1) is 26.7 Å². The molecule has 1 amide bonds. The number of aryl methyl sites for hydroxylation is 2. The molecule has 106 valence electrons. The van der Waals surface area contributed by atoms with E-state index >= 15 is 0 Å². The van der Waals surface area contributed by atoms with E-state index in [4.69, 9.17) is 4.42 Å². The van der Waals surface area contributed by atoms with Gasteiger partial charge in [0.2, 0.25) is 0 Å². The molecule has 19 heavy (non-hydrogen) atoms. The smallest absolute Gasteiger partial charge is 0.257 e. The van der Waals surface area contributed by atoms with Crippen molar-refractivity contribution in [1.82, 2.24) is 10.2 Å². The van der Waals surface area contributed by atoms with Gasteiger partial charge >= 0.3 is 0 Å². The van der Waals surface area contributed by atoms with Gasteiger partial charge in [-0.2, -0.15) is 0 Å². The molecular weight excluding hydrogens is 240 g/mol. The highest BCUT2D eigenvalue weighted by atomic mass is 16.3. The molecule has 0 aromatic carbocycles. The van der Waals surface area contributed by atoms with Crippen molar-refractivity contribution in [2.45, 2.75) is 33.6 Å². The number of amides is 1. The maximum absolute atomic E-state index is 12.5. The van der Waals surface area contributed by atoms with E-state index in [0.29, 0.717) is 5.92 Å². The van der Waals surface area contributed by atoms with Crippen LogP contribution in [0.2, 0.25) is 0 Å². The lowest BCUT2D eigenvalue weighted by Crippen LogP contribution is -2.37. The number of carbonyl (C=O) groups is 1. The normalized spacial score (nSPS) is 16.6. The first-order valence-corrected chi connectivity index (χ1v) is 7.03. The molecule has 1 saturated heterocycles. The third-order valence-corrected chi connectivity index (χ3v) is 4.11. The maximum Gasteiger partial charge on any atom is 0.257 e. The van der Waals surface area contributed by atoms with Crippen LogP contribution in [0.25, 0.3) is 0 Å². The Morgan fingerprint density at radius 2 is 1.89 bits per heavy atom. The van der Waals surface area contributed by atoms with Crippen LogP contribution in [0.5, 0.6) is 0 Å². The monoisotopic (exact) mass is 264 g/mol. The lowest BCUT2D eigenvalue weighted by molar-refractivity contribution is 0.0760. The van der Waals surface area contributed by atoms with Crippen LogP contribution in [0.3, 0.4) is 0 Å². The summed E-state index contributed by atoms with van der Waals surface area (Å²) in [5.41, 5.74) is 1.72. The fourth-order valence-corrected chi connectivity index (χ4v) is 2.83. The quantitative estimate of drug-likeness (QED) is 0.911. The first-order valence-electron chi connectivity index (χ1n) is 7.03. The summed E-state index contributed by atoms with van der Waals surface area (Å²) < 4.78 is 5.55. The molecular formula is C15H24N2O2. The van der Waals surface area contributed by atoms with Gasteiger partial charge in [-0.25, -0.2) is 0 Å². The van der Waals surface area contributed by atoms with Gasteiger partial charge in [0, 0.05) is 19.2 Å². The van der Waals surface area contributed by atoms with Gasteiger partial charge in [-0.3, -0.25) is 4.79 Å². The summed E-state index contributed by atoms with van der Waals surface area (Å²) in [4.78, 5) is 14.4. The molecule has 2 heterocycles. The number of hydrogen-bond acceptors (Lipinski definition) is 3. The number of piperidine rings is 1. The third-order valence-electron chi connectivity index (χ3n) is 4.11. The highest BCUT2D eigenvalue weighted by Gasteiger charge is 2.24. The van der Waals surface area contributed by atoms with Crippen molar-refractivity contribution in [1.29, 1.82) is 0 Å². The van der Waals surface area contributed by atoms with E-state index < -0.39 is 0 Å². The number of hydrogen-bond donors (Lipinski definition) is 1. The zero-order chi connectivity index (χ0) is 14.0. The van der Waals surface area contributed by atoms with Crippen molar-refractivity contribution in [3.05, 3.63) is 22.6 Å². The average molecular weight is 264 g/mol. The predicted octanol–water partition coefficient (Wildman–Crippen LogP) is 2.28. The number of carbonyl (C=O) groups excluding carboxylic acids is 1. The molecule has 4 heteroatoms. The lowest BCUT2D eigenvalue weighted by atomic mass is 9.97. The summed E-state index contributed by atoms with van der Waals surface area (Å²) in [5, 5.41) is 3.35. The van der Waals surface area contributed by atoms with Gasteiger partial charge in [0.25, 0.3) is 5.91 Å². The Morgan fingerprint density at radius 1 is 1.26 bits per heavy atom. The molecule has 1 aromatic rings. The van der Waals surface area contributed by atoms with Crippen molar-refractivity contribution < 1.29 is 9.21 Å². The van der Waals surface area contributed by atoms with E-state index in [1.54, 1.807) is 0 Å². The first-order chi connectivity index (χ1) is 9.00. The van der Waals surface area contributed by atoms with Gasteiger partial charge in [-0.15, -0.1) is 0 Å². The molecule has 0 saturated carbocycles. The number of nitrogens with one attached hydrogen (secondary N) is 1. The van der Waals surface area contributed by atoms with Crippen molar-refractivity contribution in [3.63, 3.8) is 0 Å². The molecule has 1 aliphatic heterocycles. The van der Waals surface area contributed by atoms with Gasteiger partial charge in [-0.05, 0) is 52.6 Å². The largest absolute Gasteiger partial charge is 0.466 e. The van der Waals surface area contributed by atoms with Gasteiger partial charge in [0.1, 0.15) is 11.5 Å². The first kappa shape index (κ1) is 14.1.